The Bertz CT molecular complexity index is 835. The van der Waals surface area contributed by atoms with Crippen molar-refractivity contribution in [2.45, 2.75) is 19.8 Å². The number of carbonyl (C=O) groups excluding carboxylic acids is 2. The van der Waals surface area contributed by atoms with E-state index in [9.17, 15) is 9.59 Å². The Morgan fingerprint density at radius 1 is 1.26 bits per heavy atom. The number of nitrogens with zero attached hydrogens (tertiary/aromatic N) is 1. The maximum atomic E-state index is 12.3. The molecule has 0 aliphatic carbocycles. The van der Waals surface area contributed by atoms with Gasteiger partial charge in [0.15, 0.2) is 6.61 Å². The van der Waals surface area contributed by atoms with E-state index >= 15 is 0 Å². The van der Waals surface area contributed by atoms with E-state index in [1.165, 1.54) is 4.90 Å². The fourth-order valence-corrected chi connectivity index (χ4v) is 3.03. The molecule has 27 heavy (non-hydrogen) atoms. The van der Waals surface area contributed by atoms with Crippen LogP contribution in [-0.4, -0.2) is 38.6 Å². The highest BCUT2D eigenvalue weighted by Gasteiger charge is 2.27. The lowest BCUT2D eigenvalue weighted by atomic mass is 10.1. The summed E-state index contributed by atoms with van der Waals surface area (Å²) in [6.45, 7) is 2.45. The minimum absolute atomic E-state index is 0.00218. The van der Waals surface area contributed by atoms with Crippen molar-refractivity contribution in [2.24, 2.45) is 0 Å². The number of ether oxygens (including phenoxy) is 2. The van der Waals surface area contributed by atoms with Crippen molar-refractivity contribution in [3.05, 3.63) is 53.6 Å². The number of benzene rings is 2. The lowest BCUT2D eigenvalue weighted by Gasteiger charge is -2.29. The molecule has 1 aliphatic rings. The molecular formula is C21H24N2O4. The van der Waals surface area contributed by atoms with Crippen molar-refractivity contribution in [1.82, 2.24) is 5.32 Å². The molecular weight excluding hydrogens is 344 g/mol. The van der Waals surface area contributed by atoms with Crippen molar-refractivity contribution < 1.29 is 19.1 Å². The molecule has 6 heteroatoms. The number of fused-ring (bicyclic) bond motifs is 1. The van der Waals surface area contributed by atoms with Crippen LogP contribution in [0.3, 0.4) is 0 Å². The first-order valence-corrected chi connectivity index (χ1v) is 9.00. The maximum Gasteiger partial charge on any atom is 0.265 e. The van der Waals surface area contributed by atoms with Gasteiger partial charge in [0.2, 0.25) is 5.91 Å². The van der Waals surface area contributed by atoms with Crippen molar-refractivity contribution in [2.75, 3.05) is 31.7 Å². The number of nitrogens with one attached hydrogen (secondary N) is 1. The molecule has 2 aromatic carbocycles. The van der Waals surface area contributed by atoms with Crippen molar-refractivity contribution in [3.63, 3.8) is 0 Å². The van der Waals surface area contributed by atoms with Crippen LogP contribution < -0.4 is 19.7 Å². The van der Waals surface area contributed by atoms with Crippen LogP contribution >= 0.6 is 0 Å². The number of methoxy groups -OCH3 is 1. The van der Waals surface area contributed by atoms with Crippen LogP contribution in [0, 0.1) is 6.92 Å². The van der Waals surface area contributed by atoms with Crippen LogP contribution in [0.2, 0.25) is 0 Å². The first kappa shape index (κ1) is 18.8. The standard InChI is InChI=1S/C21H24N2O4/c1-15-8-9-19-18(11-15)23(21(25)14-27-19)13-20(24)22-10-4-6-16-5-3-7-17(12-16)26-2/h3,5,7-9,11-12H,4,6,10,13-14H2,1-2H3,(H,22,24). The first-order chi connectivity index (χ1) is 13.1. The molecule has 6 nitrogen and oxygen atoms in total. The lowest BCUT2D eigenvalue weighted by Crippen LogP contribution is -2.45. The fourth-order valence-electron chi connectivity index (χ4n) is 3.03. The average molecular weight is 368 g/mol. The molecule has 0 aromatic heterocycles. The molecule has 3 rings (SSSR count). The Morgan fingerprint density at radius 3 is 2.93 bits per heavy atom. The quantitative estimate of drug-likeness (QED) is 0.763. The van der Waals surface area contributed by atoms with E-state index < -0.39 is 0 Å². The minimum atomic E-state index is -0.209. The van der Waals surface area contributed by atoms with Gasteiger partial charge < -0.3 is 14.8 Å². The second kappa shape index (κ2) is 8.58. The number of aryl methyl sites for hydroxylation is 2. The highest BCUT2D eigenvalue weighted by molar-refractivity contribution is 6.02. The third kappa shape index (κ3) is 4.78. The molecule has 1 aliphatic heterocycles. The summed E-state index contributed by atoms with van der Waals surface area (Å²) < 4.78 is 10.6. The normalized spacial score (nSPS) is 13.0. The van der Waals surface area contributed by atoms with Gasteiger partial charge in [0, 0.05) is 6.54 Å². The van der Waals surface area contributed by atoms with Gasteiger partial charge in [-0.1, -0.05) is 18.2 Å². The number of anilines is 1. The van der Waals surface area contributed by atoms with Gasteiger partial charge >= 0.3 is 0 Å². The Morgan fingerprint density at radius 2 is 2.11 bits per heavy atom. The van der Waals surface area contributed by atoms with Crippen LogP contribution in [0.1, 0.15) is 17.5 Å². The van der Waals surface area contributed by atoms with Crippen LogP contribution in [0.4, 0.5) is 5.69 Å². The largest absolute Gasteiger partial charge is 0.497 e. The average Bonchev–Trinajstić information content (AvgIpc) is 2.68. The van der Waals surface area contributed by atoms with Gasteiger partial charge in [-0.25, -0.2) is 0 Å². The molecule has 0 unspecified atom stereocenters. The molecule has 0 bridgehead atoms. The Hall–Kier alpha value is -3.02. The van der Waals surface area contributed by atoms with E-state index in [4.69, 9.17) is 9.47 Å². The SMILES string of the molecule is COc1cccc(CCCNC(=O)CN2C(=O)COc3ccc(C)cc32)c1. The molecule has 0 spiro atoms. The van der Waals surface area contributed by atoms with E-state index in [0.29, 0.717) is 18.0 Å². The molecule has 142 valence electrons. The highest BCUT2D eigenvalue weighted by atomic mass is 16.5. The molecule has 1 heterocycles. The smallest absolute Gasteiger partial charge is 0.265 e. The van der Waals surface area contributed by atoms with E-state index in [-0.39, 0.29) is 25.0 Å². The van der Waals surface area contributed by atoms with Gasteiger partial charge in [0.05, 0.1) is 12.8 Å². The highest BCUT2D eigenvalue weighted by Crippen LogP contribution is 2.32. The van der Waals surface area contributed by atoms with Gasteiger partial charge in [0.1, 0.15) is 18.0 Å². The van der Waals surface area contributed by atoms with Crippen molar-refractivity contribution in [1.29, 1.82) is 0 Å². The molecule has 0 saturated carbocycles. The summed E-state index contributed by atoms with van der Waals surface area (Å²) in [6, 6.07) is 13.5. The van der Waals surface area contributed by atoms with Gasteiger partial charge in [-0.05, 0) is 55.2 Å². The summed E-state index contributed by atoms with van der Waals surface area (Å²) in [5.74, 6) is 1.07. The van der Waals surface area contributed by atoms with Crippen molar-refractivity contribution in [3.8, 4) is 11.5 Å². The summed E-state index contributed by atoms with van der Waals surface area (Å²) in [5.41, 5.74) is 2.82. The van der Waals surface area contributed by atoms with Crippen LogP contribution in [0.15, 0.2) is 42.5 Å². The molecule has 2 aromatic rings. The van der Waals surface area contributed by atoms with Gasteiger partial charge in [0.25, 0.3) is 5.91 Å². The molecule has 0 radical (unpaired) electrons. The lowest BCUT2D eigenvalue weighted by molar-refractivity contribution is -0.125. The van der Waals surface area contributed by atoms with Crippen molar-refractivity contribution >= 4 is 17.5 Å². The van der Waals surface area contributed by atoms with E-state index in [1.807, 2.05) is 49.4 Å². The summed E-state index contributed by atoms with van der Waals surface area (Å²) >= 11 is 0. The van der Waals surface area contributed by atoms with E-state index in [2.05, 4.69) is 5.32 Å². The second-order valence-electron chi connectivity index (χ2n) is 6.54. The predicted octanol–water partition coefficient (Wildman–Crippen LogP) is 2.48. The van der Waals surface area contributed by atoms with Crippen LogP contribution in [-0.2, 0) is 16.0 Å². The van der Waals surface area contributed by atoms with Gasteiger partial charge in [-0.15, -0.1) is 0 Å². The fraction of sp³-hybridized carbons (Fsp3) is 0.333. The summed E-state index contributed by atoms with van der Waals surface area (Å²) in [6.07, 6.45) is 1.65. The Labute approximate surface area is 159 Å². The number of amides is 2. The topological polar surface area (TPSA) is 67.9 Å². The maximum absolute atomic E-state index is 12.3. The molecule has 1 N–H and O–H groups in total. The zero-order chi connectivity index (χ0) is 19.2. The number of hydrogen-bond acceptors (Lipinski definition) is 4. The monoisotopic (exact) mass is 368 g/mol. The van der Waals surface area contributed by atoms with Crippen LogP contribution in [0.25, 0.3) is 0 Å². The third-order valence-corrected chi connectivity index (χ3v) is 4.46. The number of carbonyl (C=O) groups is 2. The Kier molecular flexibility index (Phi) is 5.96. The number of rotatable bonds is 7. The van der Waals surface area contributed by atoms with E-state index in [1.54, 1.807) is 7.11 Å². The van der Waals surface area contributed by atoms with E-state index in [0.717, 1.165) is 29.7 Å². The first-order valence-electron chi connectivity index (χ1n) is 9.00. The minimum Gasteiger partial charge on any atom is -0.497 e. The van der Waals surface area contributed by atoms with Gasteiger partial charge in [-0.2, -0.15) is 0 Å². The third-order valence-electron chi connectivity index (χ3n) is 4.46. The zero-order valence-electron chi connectivity index (χ0n) is 15.7. The Balaban J connectivity index is 1.51. The molecule has 2 amide bonds. The second-order valence-corrected chi connectivity index (χ2v) is 6.54. The number of hydrogen-bond donors (Lipinski definition) is 1. The summed E-state index contributed by atoms with van der Waals surface area (Å²) in [4.78, 5) is 26.0. The van der Waals surface area contributed by atoms with Gasteiger partial charge in [-0.3, -0.25) is 14.5 Å². The predicted molar refractivity (Wildman–Crippen MR) is 103 cm³/mol. The van der Waals surface area contributed by atoms with Crippen LogP contribution in [0.5, 0.6) is 11.5 Å². The zero-order valence-corrected chi connectivity index (χ0v) is 15.7. The molecule has 0 fully saturated rings. The summed E-state index contributed by atoms with van der Waals surface area (Å²) in [5, 5.41) is 2.89. The summed E-state index contributed by atoms with van der Waals surface area (Å²) in [7, 11) is 1.64. The molecule has 0 atom stereocenters. The molecule has 0 saturated heterocycles.